The number of benzene rings is 2. The molecule has 1 saturated heterocycles. The molecule has 0 atom stereocenters. The predicted octanol–water partition coefficient (Wildman–Crippen LogP) is 2.96. The number of amides is 1. The summed E-state index contributed by atoms with van der Waals surface area (Å²) in [5.74, 6) is -0.00970. The Morgan fingerprint density at radius 3 is 2.37 bits per heavy atom. The normalized spacial score (nSPS) is 15.9. The van der Waals surface area contributed by atoms with Gasteiger partial charge in [-0.25, -0.2) is 0 Å². The molecule has 0 unspecified atom stereocenters. The Kier molecular flexibility index (Phi) is 4.43. The molecule has 2 aromatic carbocycles. The molecule has 27 heavy (non-hydrogen) atoms. The number of likely N-dealkylation sites (tertiary alicyclic amines) is 1. The summed E-state index contributed by atoms with van der Waals surface area (Å²) in [6.07, 6.45) is 4.49. The first-order valence-corrected chi connectivity index (χ1v) is 8.93. The highest BCUT2D eigenvalue weighted by Crippen LogP contribution is 2.35. The number of piperidine rings is 1. The average molecular weight is 357 g/mol. The molecule has 2 heterocycles. The van der Waals surface area contributed by atoms with E-state index >= 15 is 0 Å². The van der Waals surface area contributed by atoms with Crippen molar-refractivity contribution in [1.82, 2.24) is 19.7 Å². The van der Waals surface area contributed by atoms with Crippen LogP contribution in [0.5, 0.6) is 0 Å². The van der Waals surface area contributed by atoms with Crippen LogP contribution in [0.25, 0.3) is 5.69 Å². The van der Waals surface area contributed by atoms with Crippen molar-refractivity contribution in [3.8, 4) is 11.8 Å². The molecule has 0 radical (unpaired) electrons. The minimum absolute atomic E-state index is 0.00970. The number of rotatable bonds is 3. The molecule has 1 amide bonds. The zero-order chi connectivity index (χ0) is 18.7. The van der Waals surface area contributed by atoms with Gasteiger partial charge in [-0.2, -0.15) is 5.26 Å². The maximum absolute atomic E-state index is 13.0. The summed E-state index contributed by atoms with van der Waals surface area (Å²) in [6.45, 7) is 1.14. The second kappa shape index (κ2) is 7.04. The fourth-order valence-corrected chi connectivity index (χ4v) is 3.63. The zero-order valence-electron chi connectivity index (χ0n) is 14.8. The molecule has 1 aliphatic heterocycles. The van der Waals surface area contributed by atoms with Crippen molar-refractivity contribution in [2.45, 2.75) is 18.3 Å². The van der Waals surface area contributed by atoms with Gasteiger partial charge in [0.2, 0.25) is 0 Å². The fourth-order valence-electron chi connectivity index (χ4n) is 3.63. The van der Waals surface area contributed by atoms with E-state index in [0.29, 0.717) is 31.5 Å². The van der Waals surface area contributed by atoms with Gasteiger partial charge in [-0.3, -0.25) is 9.36 Å². The van der Waals surface area contributed by atoms with Gasteiger partial charge in [-0.1, -0.05) is 36.4 Å². The smallest absolute Gasteiger partial charge is 0.253 e. The van der Waals surface area contributed by atoms with Crippen LogP contribution in [-0.2, 0) is 5.41 Å². The van der Waals surface area contributed by atoms with Gasteiger partial charge in [0.05, 0.1) is 11.5 Å². The Balaban J connectivity index is 1.51. The molecule has 6 heteroatoms. The molecule has 0 aliphatic carbocycles. The number of nitriles is 1. The third-order valence-corrected chi connectivity index (χ3v) is 5.25. The van der Waals surface area contributed by atoms with E-state index in [1.54, 1.807) is 17.2 Å². The van der Waals surface area contributed by atoms with E-state index in [1.165, 1.54) is 0 Å². The van der Waals surface area contributed by atoms with Crippen LogP contribution in [-0.4, -0.2) is 38.7 Å². The van der Waals surface area contributed by atoms with Gasteiger partial charge >= 0.3 is 0 Å². The van der Waals surface area contributed by atoms with Gasteiger partial charge < -0.3 is 4.90 Å². The van der Waals surface area contributed by atoms with Gasteiger partial charge in [0.1, 0.15) is 12.7 Å². The van der Waals surface area contributed by atoms with Crippen molar-refractivity contribution in [1.29, 1.82) is 5.26 Å². The summed E-state index contributed by atoms with van der Waals surface area (Å²) in [5, 5.41) is 17.4. The Morgan fingerprint density at radius 2 is 1.70 bits per heavy atom. The molecular formula is C21H19N5O. The molecule has 0 bridgehead atoms. The molecule has 4 rings (SSSR count). The van der Waals surface area contributed by atoms with Crippen LogP contribution >= 0.6 is 0 Å². The van der Waals surface area contributed by atoms with Gasteiger partial charge in [0.15, 0.2) is 0 Å². The molecule has 6 nitrogen and oxygen atoms in total. The van der Waals surface area contributed by atoms with E-state index in [4.69, 9.17) is 0 Å². The first kappa shape index (κ1) is 17.0. The standard InChI is InChI=1S/C21H19N5O/c22-14-21(18-6-2-1-3-7-18)9-11-25(12-10-21)20(27)17-5-4-8-19(13-17)26-15-23-24-16-26/h1-8,13,15-16H,9-12H2. The van der Waals surface area contributed by atoms with Crippen molar-refractivity contribution < 1.29 is 4.79 Å². The highest BCUT2D eigenvalue weighted by molar-refractivity contribution is 5.94. The van der Waals surface area contributed by atoms with Crippen LogP contribution < -0.4 is 0 Å². The summed E-state index contributed by atoms with van der Waals surface area (Å²) in [7, 11) is 0. The number of hydrogen-bond acceptors (Lipinski definition) is 4. The van der Waals surface area contributed by atoms with Crippen LogP contribution in [0.4, 0.5) is 0 Å². The van der Waals surface area contributed by atoms with Crippen molar-refractivity contribution >= 4 is 5.91 Å². The maximum atomic E-state index is 13.0. The van der Waals surface area contributed by atoms with Gasteiger partial charge in [0.25, 0.3) is 5.91 Å². The number of hydrogen-bond donors (Lipinski definition) is 0. The highest BCUT2D eigenvalue weighted by Gasteiger charge is 2.37. The Bertz CT molecular complexity index is 967. The minimum atomic E-state index is -0.512. The van der Waals surface area contributed by atoms with E-state index in [9.17, 15) is 10.1 Å². The predicted molar refractivity (Wildman–Crippen MR) is 100 cm³/mol. The maximum Gasteiger partial charge on any atom is 0.253 e. The number of nitrogens with zero attached hydrogens (tertiary/aromatic N) is 5. The van der Waals surface area contributed by atoms with Crippen molar-refractivity contribution in [3.05, 3.63) is 78.4 Å². The molecule has 0 spiro atoms. The topological polar surface area (TPSA) is 74.8 Å². The monoisotopic (exact) mass is 357 g/mol. The lowest BCUT2D eigenvalue weighted by atomic mass is 9.74. The van der Waals surface area contributed by atoms with Gasteiger partial charge in [-0.05, 0) is 36.6 Å². The molecule has 0 saturated carbocycles. The van der Waals surface area contributed by atoms with Crippen LogP contribution in [0.1, 0.15) is 28.8 Å². The molecule has 1 aliphatic rings. The van der Waals surface area contributed by atoms with Gasteiger partial charge in [0, 0.05) is 24.3 Å². The van der Waals surface area contributed by atoms with Crippen molar-refractivity contribution in [2.24, 2.45) is 0 Å². The van der Waals surface area contributed by atoms with Crippen LogP contribution in [0, 0.1) is 11.3 Å². The largest absolute Gasteiger partial charge is 0.339 e. The quantitative estimate of drug-likeness (QED) is 0.722. The third kappa shape index (κ3) is 3.20. The Morgan fingerprint density at radius 1 is 1.00 bits per heavy atom. The lowest BCUT2D eigenvalue weighted by Gasteiger charge is -2.37. The van der Waals surface area contributed by atoms with E-state index in [1.807, 2.05) is 59.5 Å². The van der Waals surface area contributed by atoms with Crippen LogP contribution in [0.15, 0.2) is 67.3 Å². The minimum Gasteiger partial charge on any atom is -0.339 e. The summed E-state index contributed by atoms with van der Waals surface area (Å²) in [4.78, 5) is 14.8. The first-order chi connectivity index (χ1) is 13.2. The number of aromatic nitrogens is 3. The fraction of sp³-hybridized carbons (Fsp3) is 0.238. The Labute approximate surface area is 157 Å². The molecule has 134 valence electrons. The third-order valence-electron chi connectivity index (χ3n) is 5.25. The molecule has 1 fully saturated rings. The van der Waals surface area contributed by atoms with Crippen molar-refractivity contribution in [2.75, 3.05) is 13.1 Å². The zero-order valence-corrected chi connectivity index (χ0v) is 14.8. The molecule has 1 aromatic heterocycles. The van der Waals surface area contributed by atoms with E-state index < -0.39 is 5.41 Å². The molecular weight excluding hydrogens is 338 g/mol. The lowest BCUT2D eigenvalue weighted by molar-refractivity contribution is 0.0692. The van der Waals surface area contributed by atoms with Gasteiger partial charge in [-0.15, -0.1) is 10.2 Å². The second-order valence-corrected chi connectivity index (χ2v) is 6.77. The summed E-state index contributed by atoms with van der Waals surface area (Å²) in [6, 6.07) is 19.8. The highest BCUT2D eigenvalue weighted by atomic mass is 16.2. The van der Waals surface area contributed by atoms with E-state index in [0.717, 1.165) is 11.3 Å². The Hall–Kier alpha value is -3.46. The molecule has 0 N–H and O–H groups in total. The van der Waals surface area contributed by atoms with Crippen molar-refractivity contribution in [3.63, 3.8) is 0 Å². The SMILES string of the molecule is N#CC1(c2ccccc2)CCN(C(=O)c2cccc(-n3cnnc3)c2)CC1. The summed E-state index contributed by atoms with van der Waals surface area (Å²) in [5.41, 5.74) is 2.00. The second-order valence-electron chi connectivity index (χ2n) is 6.77. The number of carbonyl (C=O) groups excluding carboxylic acids is 1. The first-order valence-electron chi connectivity index (χ1n) is 8.93. The summed E-state index contributed by atoms with van der Waals surface area (Å²) >= 11 is 0. The van der Waals surface area contributed by atoms with E-state index in [2.05, 4.69) is 16.3 Å². The lowest BCUT2D eigenvalue weighted by Crippen LogP contribution is -2.44. The van der Waals surface area contributed by atoms with E-state index in [-0.39, 0.29) is 5.91 Å². The van der Waals surface area contributed by atoms with Crippen LogP contribution in [0.3, 0.4) is 0 Å². The molecule has 3 aromatic rings. The average Bonchev–Trinajstić information content (AvgIpc) is 3.29. The summed E-state index contributed by atoms with van der Waals surface area (Å²) < 4.78 is 1.77. The number of carbonyl (C=O) groups is 1. The van der Waals surface area contributed by atoms with Crippen LogP contribution in [0.2, 0.25) is 0 Å².